The van der Waals surface area contributed by atoms with Crippen molar-refractivity contribution in [2.24, 2.45) is 0 Å². The van der Waals surface area contributed by atoms with Crippen molar-refractivity contribution in [3.05, 3.63) is 59.8 Å². The van der Waals surface area contributed by atoms with Crippen LogP contribution in [0.25, 0.3) is 0 Å². The highest BCUT2D eigenvalue weighted by Crippen LogP contribution is 2.31. The standard InChI is InChI=1S/C22H25N7O2/c23-21-24-19(15-27-10-12-28(13-11-27)20(30)18-8-4-14-31-18)25-22(26-21)29-9-3-6-16-5-1-2-7-17(16)29/h1-2,4-5,7-8,14H,3,6,9-13,15H2,(H2,23,24,25,26). The fraction of sp³-hybridized carbons (Fsp3) is 0.364. The second-order valence-electron chi connectivity index (χ2n) is 7.84. The number of carbonyl (C=O) groups excluding carboxylic acids is 1. The third kappa shape index (κ3) is 4.09. The first-order valence-corrected chi connectivity index (χ1v) is 10.6. The molecule has 0 aliphatic carbocycles. The fourth-order valence-corrected chi connectivity index (χ4v) is 4.22. The lowest BCUT2D eigenvalue weighted by Gasteiger charge is -2.34. The molecule has 1 amide bonds. The van der Waals surface area contributed by atoms with Gasteiger partial charge in [0.25, 0.3) is 5.91 Å². The van der Waals surface area contributed by atoms with Gasteiger partial charge in [0.15, 0.2) is 5.76 Å². The molecule has 1 saturated heterocycles. The van der Waals surface area contributed by atoms with E-state index in [-0.39, 0.29) is 11.9 Å². The minimum atomic E-state index is -0.0693. The van der Waals surface area contributed by atoms with Crippen LogP contribution in [-0.4, -0.2) is 63.4 Å². The summed E-state index contributed by atoms with van der Waals surface area (Å²) in [4.78, 5) is 32.1. The number of para-hydroxylation sites is 1. The summed E-state index contributed by atoms with van der Waals surface area (Å²) in [6, 6.07) is 11.8. The molecule has 0 radical (unpaired) electrons. The molecule has 31 heavy (non-hydrogen) atoms. The van der Waals surface area contributed by atoms with Crippen molar-refractivity contribution in [3.8, 4) is 0 Å². The summed E-state index contributed by atoms with van der Waals surface area (Å²) in [6.45, 7) is 4.16. The summed E-state index contributed by atoms with van der Waals surface area (Å²) in [5.41, 5.74) is 8.47. The predicted octanol–water partition coefficient (Wildman–Crippen LogP) is 2.09. The van der Waals surface area contributed by atoms with Gasteiger partial charge in [-0.25, -0.2) is 0 Å². The Kier molecular flexibility index (Phi) is 5.25. The van der Waals surface area contributed by atoms with E-state index in [2.05, 4.69) is 38.0 Å². The molecule has 0 bridgehead atoms. The summed E-state index contributed by atoms with van der Waals surface area (Å²) in [5, 5.41) is 0. The van der Waals surface area contributed by atoms with Crippen LogP contribution in [-0.2, 0) is 13.0 Å². The number of aromatic nitrogens is 3. The molecule has 2 aromatic heterocycles. The van der Waals surface area contributed by atoms with Crippen LogP contribution in [0, 0.1) is 0 Å². The number of nitrogens with two attached hydrogens (primary N) is 1. The lowest BCUT2D eigenvalue weighted by molar-refractivity contribution is 0.0595. The number of nitrogen functional groups attached to an aromatic ring is 1. The normalized spacial score (nSPS) is 16.9. The largest absolute Gasteiger partial charge is 0.459 e. The summed E-state index contributed by atoms with van der Waals surface area (Å²) in [6.07, 6.45) is 3.62. The molecule has 0 atom stereocenters. The first-order valence-electron chi connectivity index (χ1n) is 10.6. The van der Waals surface area contributed by atoms with E-state index in [0.29, 0.717) is 37.2 Å². The van der Waals surface area contributed by atoms with Gasteiger partial charge in [-0.2, -0.15) is 15.0 Å². The molecule has 1 fully saturated rings. The molecule has 9 heteroatoms. The Bertz CT molecular complexity index is 1060. The molecule has 3 aromatic rings. The maximum atomic E-state index is 12.4. The topological polar surface area (TPSA) is 105 Å². The van der Waals surface area contributed by atoms with Gasteiger partial charge in [-0.1, -0.05) is 18.2 Å². The van der Waals surface area contributed by atoms with Crippen LogP contribution in [0.15, 0.2) is 47.1 Å². The summed E-state index contributed by atoms with van der Waals surface area (Å²) < 4.78 is 5.23. The van der Waals surface area contributed by atoms with E-state index >= 15 is 0 Å². The van der Waals surface area contributed by atoms with Gasteiger partial charge in [-0.15, -0.1) is 0 Å². The van der Waals surface area contributed by atoms with Gasteiger partial charge in [0.1, 0.15) is 5.82 Å². The first-order chi connectivity index (χ1) is 15.2. The van der Waals surface area contributed by atoms with Gasteiger partial charge in [0.2, 0.25) is 11.9 Å². The van der Waals surface area contributed by atoms with Crippen molar-refractivity contribution < 1.29 is 9.21 Å². The molecule has 0 saturated carbocycles. The Morgan fingerprint density at radius 3 is 2.65 bits per heavy atom. The number of rotatable bonds is 4. The second-order valence-corrected chi connectivity index (χ2v) is 7.84. The van der Waals surface area contributed by atoms with E-state index in [1.54, 1.807) is 12.1 Å². The van der Waals surface area contributed by atoms with Crippen LogP contribution < -0.4 is 10.6 Å². The highest BCUT2D eigenvalue weighted by Gasteiger charge is 2.25. The number of hydrogen-bond donors (Lipinski definition) is 1. The second kappa shape index (κ2) is 8.35. The molecule has 2 N–H and O–H groups in total. The summed E-state index contributed by atoms with van der Waals surface area (Å²) in [7, 11) is 0. The molecule has 2 aliphatic heterocycles. The Balaban J connectivity index is 1.27. The van der Waals surface area contributed by atoms with E-state index in [0.717, 1.165) is 38.2 Å². The van der Waals surface area contributed by atoms with Crippen LogP contribution in [0.4, 0.5) is 17.6 Å². The molecule has 4 heterocycles. The number of aryl methyl sites for hydroxylation is 1. The fourth-order valence-electron chi connectivity index (χ4n) is 4.22. The van der Waals surface area contributed by atoms with Crippen molar-refractivity contribution in [2.75, 3.05) is 43.4 Å². The van der Waals surface area contributed by atoms with Crippen LogP contribution in [0.2, 0.25) is 0 Å². The van der Waals surface area contributed by atoms with Crippen LogP contribution >= 0.6 is 0 Å². The molecule has 5 rings (SSSR count). The van der Waals surface area contributed by atoms with Crippen molar-refractivity contribution in [1.29, 1.82) is 0 Å². The van der Waals surface area contributed by atoms with Gasteiger partial charge >= 0.3 is 0 Å². The smallest absolute Gasteiger partial charge is 0.289 e. The monoisotopic (exact) mass is 419 g/mol. The van der Waals surface area contributed by atoms with E-state index in [4.69, 9.17) is 15.1 Å². The van der Waals surface area contributed by atoms with Gasteiger partial charge < -0.3 is 20.0 Å². The zero-order valence-electron chi connectivity index (χ0n) is 17.3. The van der Waals surface area contributed by atoms with Crippen LogP contribution in [0.1, 0.15) is 28.4 Å². The van der Waals surface area contributed by atoms with Gasteiger partial charge in [0, 0.05) is 38.4 Å². The minimum absolute atomic E-state index is 0.0693. The molecule has 9 nitrogen and oxygen atoms in total. The molecule has 0 unspecified atom stereocenters. The van der Waals surface area contributed by atoms with Gasteiger partial charge in [0.05, 0.1) is 12.8 Å². The van der Waals surface area contributed by atoms with E-state index < -0.39 is 0 Å². The van der Waals surface area contributed by atoms with Crippen molar-refractivity contribution in [2.45, 2.75) is 19.4 Å². The Morgan fingerprint density at radius 2 is 1.84 bits per heavy atom. The Hall–Kier alpha value is -3.46. The van der Waals surface area contributed by atoms with Crippen molar-refractivity contribution in [3.63, 3.8) is 0 Å². The van der Waals surface area contributed by atoms with E-state index in [9.17, 15) is 4.79 Å². The number of benzene rings is 1. The lowest BCUT2D eigenvalue weighted by atomic mass is 10.0. The number of anilines is 3. The quantitative estimate of drug-likeness (QED) is 0.685. The highest BCUT2D eigenvalue weighted by molar-refractivity contribution is 5.91. The summed E-state index contributed by atoms with van der Waals surface area (Å²) >= 11 is 0. The summed E-state index contributed by atoms with van der Waals surface area (Å²) in [5.74, 6) is 1.79. The lowest BCUT2D eigenvalue weighted by Crippen LogP contribution is -2.48. The Labute approximate surface area is 180 Å². The third-order valence-corrected chi connectivity index (χ3v) is 5.80. The number of amides is 1. The molecule has 0 spiro atoms. The molecule has 1 aromatic carbocycles. The van der Waals surface area contributed by atoms with Crippen molar-refractivity contribution >= 4 is 23.5 Å². The molecular weight excluding hydrogens is 394 g/mol. The number of fused-ring (bicyclic) bond motifs is 1. The van der Waals surface area contributed by atoms with E-state index in [1.165, 1.54) is 11.8 Å². The maximum Gasteiger partial charge on any atom is 0.289 e. The SMILES string of the molecule is Nc1nc(CN2CCN(C(=O)c3ccco3)CC2)nc(N2CCCc3ccccc32)n1. The average Bonchev–Trinajstić information content (AvgIpc) is 3.33. The molecular formula is C22H25N7O2. The first kappa shape index (κ1) is 19.5. The number of hydrogen-bond acceptors (Lipinski definition) is 8. The van der Waals surface area contributed by atoms with E-state index in [1.807, 2.05) is 11.0 Å². The number of carbonyl (C=O) groups is 1. The average molecular weight is 419 g/mol. The minimum Gasteiger partial charge on any atom is -0.459 e. The van der Waals surface area contributed by atoms with Crippen LogP contribution in [0.5, 0.6) is 0 Å². The number of piperazine rings is 1. The van der Waals surface area contributed by atoms with Crippen LogP contribution in [0.3, 0.4) is 0 Å². The zero-order valence-corrected chi connectivity index (χ0v) is 17.3. The van der Waals surface area contributed by atoms with Gasteiger partial charge in [-0.3, -0.25) is 9.69 Å². The zero-order chi connectivity index (χ0) is 21.2. The number of nitrogens with zero attached hydrogens (tertiary/aromatic N) is 6. The molecule has 160 valence electrons. The maximum absolute atomic E-state index is 12.4. The third-order valence-electron chi connectivity index (χ3n) is 5.80. The Morgan fingerprint density at radius 1 is 1.00 bits per heavy atom. The highest BCUT2D eigenvalue weighted by atomic mass is 16.3. The predicted molar refractivity (Wildman–Crippen MR) is 116 cm³/mol. The molecule has 2 aliphatic rings. The number of furan rings is 1. The van der Waals surface area contributed by atoms with Gasteiger partial charge in [-0.05, 0) is 36.6 Å². The van der Waals surface area contributed by atoms with Crippen molar-refractivity contribution in [1.82, 2.24) is 24.8 Å².